The van der Waals surface area contributed by atoms with Crippen LogP contribution in [0.15, 0.2) is 65.7 Å². The van der Waals surface area contributed by atoms with E-state index in [9.17, 15) is 8.42 Å². The molecule has 170 valence electrons. The van der Waals surface area contributed by atoms with Crippen molar-refractivity contribution in [1.29, 1.82) is 0 Å². The van der Waals surface area contributed by atoms with Gasteiger partial charge in [0.05, 0.1) is 10.6 Å². The zero-order valence-corrected chi connectivity index (χ0v) is 19.8. The lowest BCUT2D eigenvalue weighted by molar-refractivity contribution is 0.496. The van der Waals surface area contributed by atoms with Crippen molar-refractivity contribution < 1.29 is 13.2 Å². The summed E-state index contributed by atoms with van der Waals surface area (Å²) in [7, 11) is 0.0277. The molecular formula is C22H22N6O3S2. The van der Waals surface area contributed by atoms with E-state index in [1.54, 1.807) is 30.5 Å². The van der Waals surface area contributed by atoms with Gasteiger partial charge in [-0.05, 0) is 43.3 Å². The third-order valence-corrected chi connectivity index (χ3v) is 6.49. The molecule has 0 saturated heterocycles. The number of thiazole rings is 1. The number of ether oxygens (including phenoxy) is 1. The fourth-order valence-corrected chi connectivity index (χ4v) is 4.37. The Hall–Kier alpha value is -3.54. The summed E-state index contributed by atoms with van der Waals surface area (Å²) in [5, 5.41) is 9.68. The van der Waals surface area contributed by atoms with E-state index in [0.717, 1.165) is 16.5 Å². The van der Waals surface area contributed by atoms with Crippen LogP contribution in [0.1, 0.15) is 5.69 Å². The second-order valence-corrected chi connectivity index (χ2v) is 9.87. The minimum atomic E-state index is -3.81. The Morgan fingerprint density at radius 1 is 1.06 bits per heavy atom. The van der Waals surface area contributed by atoms with E-state index in [1.165, 1.54) is 23.5 Å². The number of aryl methyl sites for hydroxylation is 1. The van der Waals surface area contributed by atoms with Gasteiger partial charge in [-0.3, -0.25) is 4.98 Å². The maximum Gasteiger partial charge on any atom is 0.238 e. The van der Waals surface area contributed by atoms with Crippen LogP contribution in [0.2, 0.25) is 0 Å². The molecular weight excluding hydrogens is 460 g/mol. The number of aromatic nitrogens is 3. The van der Waals surface area contributed by atoms with E-state index in [4.69, 9.17) is 14.9 Å². The summed E-state index contributed by atoms with van der Waals surface area (Å²) in [5.41, 5.74) is 2.79. The number of pyridine rings is 2. The molecule has 0 spiro atoms. The fraction of sp³-hybridized carbons (Fsp3) is 0.136. The Bertz CT molecular complexity index is 1400. The Morgan fingerprint density at radius 2 is 1.85 bits per heavy atom. The van der Waals surface area contributed by atoms with E-state index in [0.29, 0.717) is 28.0 Å². The van der Waals surface area contributed by atoms with Crippen molar-refractivity contribution in [2.45, 2.75) is 11.8 Å². The Kier molecular flexibility index (Phi) is 6.27. The lowest BCUT2D eigenvalue weighted by Gasteiger charge is -2.09. The quantitative estimate of drug-likeness (QED) is 0.402. The number of nitrogens with two attached hydrogens (primary N) is 1. The van der Waals surface area contributed by atoms with Crippen LogP contribution in [0.25, 0.3) is 11.4 Å². The Labute approximate surface area is 196 Å². The molecule has 3 aromatic heterocycles. The van der Waals surface area contributed by atoms with Gasteiger partial charge in [0.25, 0.3) is 0 Å². The highest BCUT2D eigenvalue weighted by Crippen LogP contribution is 2.41. The largest absolute Gasteiger partial charge is 0.444 e. The van der Waals surface area contributed by atoms with Gasteiger partial charge in [0.15, 0.2) is 5.13 Å². The van der Waals surface area contributed by atoms with Gasteiger partial charge in [0, 0.05) is 37.7 Å². The summed E-state index contributed by atoms with van der Waals surface area (Å²) >= 11 is 1.41. The van der Waals surface area contributed by atoms with Crippen molar-refractivity contribution in [1.82, 2.24) is 15.0 Å². The number of nitrogens with zero attached hydrogens (tertiary/aromatic N) is 4. The van der Waals surface area contributed by atoms with Gasteiger partial charge < -0.3 is 15.0 Å². The normalized spacial score (nSPS) is 11.3. The first-order valence-corrected chi connectivity index (χ1v) is 12.2. The highest BCUT2D eigenvalue weighted by molar-refractivity contribution is 7.89. The molecule has 3 heterocycles. The van der Waals surface area contributed by atoms with Gasteiger partial charge in [-0.1, -0.05) is 23.5 Å². The third kappa shape index (κ3) is 5.45. The first kappa shape index (κ1) is 22.6. The molecule has 0 bridgehead atoms. The molecule has 0 radical (unpaired) electrons. The Morgan fingerprint density at radius 3 is 2.58 bits per heavy atom. The first-order valence-electron chi connectivity index (χ1n) is 9.85. The molecule has 0 amide bonds. The van der Waals surface area contributed by atoms with Gasteiger partial charge in [-0.25, -0.2) is 23.5 Å². The van der Waals surface area contributed by atoms with Gasteiger partial charge in [-0.2, -0.15) is 0 Å². The number of hydrogen-bond donors (Lipinski definition) is 2. The van der Waals surface area contributed by atoms with E-state index in [1.807, 2.05) is 44.1 Å². The predicted octanol–water partition coefficient (Wildman–Crippen LogP) is 4.16. The molecule has 0 aliphatic heterocycles. The molecule has 4 rings (SSSR count). The molecule has 3 N–H and O–H groups in total. The van der Waals surface area contributed by atoms with Crippen molar-refractivity contribution >= 4 is 38.0 Å². The van der Waals surface area contributed by atoms with Gasteiger partial charge >= 0.3 is 0 Å². The van der Waals surface area contributed by atoms with Crippen LogP contribution in [-0.2, 0) is 10.0 Å². The molecule has 0 fully saturated rings. The maximum atomic E-state index is 11.6. The monoisotopic (exact) mass is 482 g/mol. The number of hydrogen-bond acceptors (Lipinski definition) is 9. The standard InChI is InChI=1S/C22H22N6O3S2/c1-14-6-4-9-18(25-14)20-21(32-22(27-20)28(2)3)31-16-10-11-24-19(13-16)26-15-7-5-8-17(12-15)33(23,29)30/h4-13H,1-3H3,(H,24,26)(H2,23,29,30). The van der Waals surface area contributed by atoms with E-state index < -0.39 is 10.0 Å². The van der Waals surface area contributed by atoms with Crippen LogP contribution >= 0.6 is 11.3 Å². The van der Waals surface area contributed by atoms with Crippen molar-refractivity contribution in [3.05, 3.63) is 66.5 Å². The smallest absolute Gasteiger partial charge is 0.238 e. The number of benzene rings is 1. The van der Waals surface area contributed by atoms with Crippen molar-refractivity contribution in [3.8, 4) is 22.2 Å². The predicted molar refractivity (Wildman–Crippen MR) is 130 cm³/mol. The fourth-order valence-electron chi connectivity index (χ4n) is 2.94. The highest BCUT2D eigenvalue weighted by Gasteiger charge is 2.18. The number of sulfonamides is 1. The van der Waals surface area contributed by atoms with E-state index >= 15 is 0 Å². The van der Waals surface area contributed by atoms with Crippen molar-refractivity contribution in [2.24, 2.45) is 5.14 Å². The lowest BCUT2D eigenvalue weighted by Crippen LogP contribution is -2.12. The summed E-state index contributed by atoms with van der Waals surface area (Å²) in [6.07, 6.45) is 1.60. The molecule has 0 saturated carbocycles. The molecule has 0 aliphatic rings. The summed E-state index contributed by atoms with van der Waals surface area (Å²) in [5.74, 6) is 1.02. The number of rotatable bonds is 7. The number of nitrogens with one attached hydrogen (secondary N) is 1. The summed E-state index contributed by atoms with van der Waals surface area (Å²) in [4.78, 5) is 15.5. The molecule has 1 aromatic carbocycles. The maximum absolute atomic E-state index is 11.6. The van der Waals surface area contributed by atoms with Crippen LogP contribution < -0.4 is 20.1 Å². The van der Waals surface area contributed by atoms with Gasteiger partial charge in [0.2, 0.25) is 15.1 Å². The molecule has 9 nitrogen and oxygen atoms in total. The summed E-state index contributed by atoms with van der Waals surface area (Å²) < 4.78 is 29.4. The minimum Gasteiger partial charge on any atom is -0.444 e. The highest BCUT2D eigenvalue weighted by atomic mass is 32.2. The zero-order valence-electron chi connectivity index (χ0n) is 18.2. The minimum absolute atomic E-state index is 0.0103. The third-order valence-electron chi connectivity index (χ3n) is 4.48. The molecule has 0 aliphatic carbocycles. The lowest BCUT2D eigenvalue weighted by atomic mass is 10.2. The van der Waals surface area contributed by atoms with Crippen molar-refractivity contribution in [2.75, 3.05) is 24.3 Å². The Balaban J connectivity index is 1.63. The van der Waals surface area contributed by atoms with Crippen LogP contribution in [0.3, 0.4) is 0 Å². The molecule has 0 atom stereocenters. The van der Waals surface area contributed by atoms with E-state index in [-0.39, 0.29) is 4.90 Å². The first-order chi connectivity index (χ1) is 15.7. The molecule has 0 unspecified atom stereocenters. The number of primary sulfonamides is 1. The summed E-state index contributed by atoms with van der Waals surface area (Å²) in [6, 6.07) is 15.4. The van der Waals surface area contributed by atoms with Crippen molar-refractivity contribution in [3.63, 3.8) is 0 Å². The average Bonchev–Trinajstić information content (AvgIpc) is 3.18. The van der Waals surface area contributed by atoms with Crippen LogP contribution in [0.4, 0.5) is 16.6 Å². The van der Waals surface area contributed by atoms with Gasteiger partial charge in [-0.15, -0.1) is 0 Å². The number of anilines is 3. The molecule has 33 heavy (non-hydrogen) atoms. The average molecular weight is 483 g/mol. The van der Waals surface area contributed by atoms with Gasteiger partial charge in [0.1, 0.15) is 17.3 Å². The van der Waals surface area contributed by atoms with Crippen LogP contribution in [-0.4, -0.2) is 37.5 Å². The SMILES string of the molecule is Cc1cccc(-c2nc(N(C)C)sc2Oc2ccnc(Nc3cccc(S(N)(=O)=O)c3)c2)n1. The molecule has 11 heteroatoms. The second kappa shape index (κ2) is 9.14. The van der Waals surface area contributed by atoms with Crippen LogP contribution in [0, 0.1) is 6.92 Å². The summed E-state index contributed by atoms with van der Waals surface area (Å²) in [6.45, 7) is 1.93. The molecule has 4 aromatic rings. The van der Waals surface area contributed by atoms with Crippen LogP contribution in [0.5, 0.6) is 10.8 Å². The van der Waals surface area contributed by atoms with E-state index in [2.05, 4.69) is 15.3 Å². The topological polar surface area (TPSA) is 123 Å². The second-order valence-electron chi connectivity index (χ2n) is 7.37. The zero-order chi connectivity index (χ0) is 23.6.